The van der Waals surface area contributed by atoms with Crippen LogP contribution in [0.25, 0.3) is 49.7 Å². The number of para-hydroxylation sites is 2. The monoisotopic (exact) mass is 486 g/mol. The zero-order valence-corrected chi connectivity index (χ0v) is 20.9. The minimum absolute atomic E-state index is 1.07. The number of nitrogens with zero attached hydrogens (tertiary/aromatic N) is 1. The van der Waals surface area contributed by atoms with Gasteiger partial charge in [-0.1, -0.05) is 103 Å². The average Bonchev–Trinajstić information content (AvgIpc) is 3.32. The Hall–Kier alpha value is -5.08. The van der Waals surface area contributed by atoms with Crippen molar-refractivity contribution in [3.8, 4) is 27.9 Å². The molecule has 0 saturated carbocycles. The van der Waals surface area contributed by atoms with Crippen LogP contribution in [0.1, 0.15) is 0 Å². The molecule has 7 rings (SSSR count). The Bertz CT molecular complexity index is 1860. The van der Waals surface area contributed by atoms with Crippen molar-refractivity contribution in [1.82, 2.24) is 4.57 Å². The normalized spacial score (nSPS) is 11.2. The molecule has 2 nitrogen and oxygen atoms in total. The van der Waals surface area contributed by atoms with Crippen molar-refractivity contribution < 1.29 is 0 Å². The quantitative estimate of drug-likeness (QED) is 0.256. The number of nitrogens with one attached hydrogen (secondary N) is 1. The number of hydrogen-bond acceptors (Lipinski definition) is 1. The highest BCUT2D eigenvalue weighted by molar-refractivity contribution is 6.10. The fourth-order valence-corrected chi connectivity index (χ4v) is 5.33. The number of hydrogen-bond donors (Lipinski definition) is 1. The topological polar surface area (TPSA) is 17.0 Å². The molecule has 38 heavy (non-hydrogen) atoms. The summed E-state index contributed by atoms with van der Waals surface area (Å²) in [6.45, 7) is 0. The SMILES string of the molecule is c1ccc(-c2ccc(Nc3cccc(-c4ccc5c6ccccc6n(-c6ccccc6)c5c4)c3)cc2)cc1. The molecule has 0 aliphatic carbocycles. The van der Waals surface area contributed by atoms with Gasteiger partial charge in [0.25, 0.3) is 0 Å². The van der Waals surface area contributed by atoms with Crippen molar-refractivity contribution >= 4 is 33.2 Å². The van der Waals surface area contributed by atoms with Crippen molar-refractivity contribution in [1.29, 1.82) is 0 Å². The molecular formula is C36H26N2. The maximum Gasteiger partial charge on any atom is 0.0547 e. The van der Waals surface area contributed by atoms with E-state index in [1.807, 2.05) is 6.07 Å². The van der Waals surface area contributed by atoms with Crippen LogP contribution in [0.15, 0.2) is 152 Å². The zero-order chi connectivity index (χ0) is 25.3. The number of rotatable bonds is 5. The fourth-order valence-electron chi connectivity index (χ4n) is 5.33. The highest BCUT2D eigenvalue weighted by atomic mass is 15.0. The zero-order valence-electron chi connectivity index (χ0n) is 20.9. The van der Waals surface area contributed by atoms with E-state index in [0.29, 0.717) is 0 Å². The molecule has 0 amide bonds. The average molecular weight is 487 g/mol. The molecular weight excluding hydrogens is 460 g/mol. The van der Waals surface area contributed by atoms with Crippen LogP contribution < -0.4 is 5.32 Å². The molecule has 0 radical (unpaired) electrons. The van der Waals surface area contributed by atoms with Gasteiger partial charge in [-0.2, -0.15) is 0 Å². The molecule has 0 saturated heterocycles. The van der Waals surface area contributed by atoms with E-state index in [0.717, 1.165) is 11.4 Å². The molecule has 1 aromatic heterocycles. The van der Waals surface area contributed by atoms with E-state index in [2.05, 4.69) is 155 Å². The van der Waals surface area contributed by atoms with Gasteiger partial charge in [-0.15, -0.1) is 0 Å². The van der Waals surface area contributed by atoms with Gasteiger partial charge in [0.15, 0.2) is 0 Å². The van der Waals surface area contributed by atoms with Crippen molar-refractivity contribution in [3.63, 3.8) is 0 Å². The number of fused-ring (bicyclic) bond motifs is 3. The molecule has 0 unspecified atom stereocenters. The lowest BCUT2D eigenvalue weighted by molar-refractivity contribution is 1.18. The second kappa shape index (κ2) is 9.42. The van der Waals surface area contributed by atoms with Gasteiger partial charge in [-0.05, 0) is 70.8 Å². The minimum atomic E-state index is 1.07. The summed E-state index contributed by atoms with van der Waals surface area (Å²) in [5.41, 5.74) is 10.6. The van der Waals surface area contributed by atoms with Crippen LogP contribution >= 0.6 is 0 Å². The second-order valence-electron chi connectivity index (χ2n) is 9.57. The number of benzene rings is 6. The van der Waals surface area contributed by atoms with Gasteiger partial charge < -0.3 is 9.88 Å². The van der Waals surface area contributed by atoms with Gasteiger partial charge in [0.1, 0.15) is 0 Å². The highest BCUT2D eigenvalue weighted by Crippen LogP contribution is 2.35. The highest BCUT2D eigenvalue weighted by Gasteiger charge is 2.13. The smallest absolute Gasteiger partial charge is 0.0547 e. The van der Waals surface area contributed by atoms with E-state index in [-0.39, 0.29) is 0 Å². The van der Waals surface area contributed by atoms with Crippen LogP contribution in [0.5, 0.6) is 0 Å². The first-order chi connectivity index (χ1) is 18.8. The summed E-state index contributed by atoms with van der Waals surface area (Å²) in [6.07, 6.45) is 0. The number of anilines is 2. The van der Waals surface area contributed by atoms with Crippen LogP contribution in [0.4, 0.5) is 11.4 Å². The van der Waals surface area contributed by atoms with Crippen LogP contribution in [-0.2, 0) is 0 Å². The van der Waals surface area contributed by atoms with E-state index in [4.69, 9.17) is 0 Å². The molecule has 1 heterocycles. The van der Waals surface area contributed by atoms with Gasteiger partial charge in [0.2, 0.25) is 0 Å². The predicted molar refractivity (Wildman–Crippen MR) is 161 cm³/mol. The van der Waals surface area contributed by atoms with E-state index in [1.54, 1.807) is 0 Å². The summed E-state index contributed by atoms with van der Waals surface area (Å²) in [5.74, 6) is 0. The molecule has 0 aliphatic rings. The van der Waals surface area contributed by atoms with Crippen molar-refractivity contribution in [3.05, 3.63) is 152 Å². The van der Waals surface area contributed by atoms with Crippen LogP contribution in [0, 0.1) is 0 Å². The summed E-state index contributed by atoms with van der Waals surface area (Å²) in [6, 6.07) is 53.8. The van der Waals surface area contributed by atoms with Crippen LogP contribution in [0.3, 0.4) is 0 Å². The molecule has 1 N–H and O–H groups in total. The Balaban J connectivity index is 1.25. The van der Waals surface area contributed by atoms with Crippen molar-refractivity contribution in [2.24, 2.45) is 0 Å². The third-order valence-corrected chi connectivity index (χ3v) is 7.16. The standard InChI is InChI=1S/C36H26N2/c1-3-10-26(11-4-1)27-18-21-30(22-19-27)37-31-13-9-12-28(24-31)29-20-23-34-33-16-7-8-17-35(33)38(36(34)25-29)32-14-5-2-6-15-32/h1-25,37H. The summed E-state index contributed by atoms with van der Waals surface area (Å²) in [4.78, 5) is 0. The van der Waals surface area contributed by atoms with Gasteiger partial charge in [0, 0.05) is 27.8 Å². The Kier molecular flexibility index (Phi) is 5.49. The molecule has 0 fully saturated rings. The fraction of sp³-hybridized carbons (Fsp3) is 0. The van der Waals surface area contributed by atoms with E-state index >= 15 is 0 Å². The summed E-state index contributed by atoms with van der Waals surface area (Å²) in [5, 5.41) is 6.12. The van der Waals surface area contributed by atoms with Crippen molar-refractivity contribution in [2.45, 2.75) is 0 Å². The van der Waals surface area contributed by atoms with Gasteiger partial charge >= 0.3 is 0 Å². The first-order valence-electron chi connectivity index (χ1n) is 13.0. The predicted octanol–water partition coefficient (Wildman–Crippen LogP) is 9.86. The molecule has 180 valence electrons. The molecule has 0 atom stereocenters. The van der Waals surface area contributed by atoms with Gasteiger partial charge in [0.05, 0.1) is 11.0 Å². The van der Waals surface area contributed by atoms with Crippen LogP contribution in [0.2, 0.25) is 0 Å². The first-order valence-corrected chi connectivity index (χ1v) is 13.0. The molecule has 0 bridgehead atoms. The molecule has 2 heteroatoms. The molecule has 0 aliphatic heterocycles. The maximum atomic E-state index is 3.58. The Labute approximate surface area is 222 Å². The lowest BCUT2D eigenvalue weighted by atomic mass is 10.0. The van der Waals surface area contributed by atoms with E-state index in [1.165, 1.54) is 49.7 Å². The third-order valence-electron chi connectivity index (χ3n) is 7.16. The lowest BCUT2D eigenvalue weighted by Crippen LogP contribution is -1.93. The lowest BCUT2D eigenvalue weighted by Gasteiger charge is -2.11. The first kappa shape index (κ1) is 22.1. The van der Waals surface area contributed by atoms with Gasteiger partial charge in [-0.25, -0.2) is 0 Å². The van der Waals surface area contributed by atoms with E-state index < -0.39 is 0 Å². The molecule has 6 aromatic carbocycles. The molecule has 7 aromatic rings. The molecule has 0 spiro atoms. The van der Waals surface area contributed by atoms with Gasteiger partial charge in [-0.3, -0.25) is 0 Å². The van der Waals surface area contributed by atoms with Crippen molar-refractivity contribution in [2.75, 3.05) is 5.32 Å². The van der Waals surface area contributed by atoms with Crippen LogP contribution in [-0.4, -0.2) is 4.57 Å². The largest absolute Gasteiger partial charge is 0.356 e. The Morgan fingerprint density at radius 1 is 0.368 bits per heavy atom. The Morgan fingerprint density at radius 2 is 0.974 bits per heavy atom. The van der Waals surface area contributed by atoms with E-state index in [9.17, 15) is 0 Å². The maximum absolute atomic E-state index is 3.58. The summed E-state index contributed by atoms with van der Waals surface area (Å²) >= 11 is 0. The summed E-state index contributed by atoms with van der Waals surface area (Å²) < 4.78 is 2.37. The third kappa shape index (κ3) is 4.03. The summed E-state index contributed by atoms with van der Waals surface area (Å²) in [7, 11) is 0. The minimum Gasteiger partial charge on any atom is -0.356 e. The number of aromatic nitrogens is 1. The Morgan fingerprint density at radius 3 is 1.79 bits per heavy atom. The second-order valence-corrected chi connectivity index (χ2v) is 9.57.